The third-order valence-electron chi connectivity index (χ3n) is 4.09. The summed E-state index contributed by atoms with van der Waals surface area (Å²) >= 11 is 9.04. The Morgan fingerprint density at radius 2 is 2.26 bits per heavy atom. The normalized spacial score (nSPS) is 13.6. The van der Waals surface area contributed by atoms with E-state index in [1.807, 2.05) is 17.5 Å². The molecule has 2 aromatic heterocycles. The van der Waals surface area contributed by atoms with Crippen LogP contribution in [0.3, 0.4) is 0 Å². The second kappa shape index (κ2) is 7.92. The van der Waals surface area contributed by atoms with Crippen molar-refractivity contribution >= 4 is 46.3 Å². The van der Waals surface area contributed by atoms with Crippen molar-refractivity contribution in [2.75, 3.05) is 18.2 Å². The summed E-state index contributed by atoms with van der Waals surface area (Å²) in [5, 5.41) is 14.9. The van der Waals surface area contributed by atoms with Crippen LogP contribution in [0.1, 0.15) is 18.9 Å². The Hall–Kier alpha value is -2.03. The summed E-state index contributed by atoms with van der Waals surface area (Å²) in [6.07, 6.45) is 2.24. The molecule has 0 spiro atoms. The van der Waals surface area contributed by atoms with Crippen molar-refractivity contribution in [2.24, 2.45) is 0 Å². The number of methoxy groups -OCH3 is 1. The number of halogens is 1. The Labute approximate surface area is 169 Å². The molecule has 0 unspecified atom stereocenters. The number of hydrogen-bond acceptors (Lipinski definition) is 6. The number of thioether (sulfide) groups is 1. The van der Waals surface area contributed by atoms with E-state index in [-0.39, 0.29) is 11.7 Å². The number of carbonyl (C=O) groups excluding carboxylic acids is 1. The number of carbonyl (C=O) groups is 1. The lowest BCUT2D eigenvalue weighted by Gasteiger charge is -2.11. The van der Waals surface area contributed by atoms with Crippen molar-refractivity contribution in [2.45, 2.75) is 24.0 Å². The molecule has 0 aliphatic heterocycles. The van der Waals surface area contributed by atoms with Gasteiger partial charge in [-0.05, 0) is 42.5 Å². The number of benzene rings is 1. The minimum absolute atomic E-state index is 0.149. The molecule has 140 valence electrons. The standard InChI is InChI=1S/C18H17ClN4O2S2/c1-25-14-7-4-11(19)9-13(14)20-16(24)10-27-18-22-21-17(15-3-2-8-26-15)23(18)12-5-6-12/h2-4,7-9,12H,5-6,10H2,1H3,(H,20,24). The number of aromatic nitrogens is 3. The Balaban J connectivity index is 1.46. The van der Waals surface area contributed by atoms with E-state index in [0.717, 1.165) is 28.7 Å². The molecule has 1 aliphatic rings. The second-order valence-corrected chi connectivity index (χ2v) is 8.39. The maximum Gasteiger partial charge on any atom is 0.234 e. The van der Waals surface area contributed by atoms with E-state index >= 15 is 0 Å². The molecule has 0 saturated heterocycles. The average Bonchev–Trinajstić information content (AvgIpc) is 3.18. The van der Waals surface area contributed by atoms with Crippen LogP contribution in [-0.4, -0.2) is 33.5 Å². The molecule has 0 bridgehead atoms. The molecule has 1 aromatic carbocycles. The van der Waals surface area contributed by atoms with Crippen molar-refractivity contribution in [3.63, 3.8) is 0 Å². The molecule has 9 heteroatoms. The first kappa shape index (κ1) is 18.3. The zero-order valence-corrected chi connectivity index (χ0v) is 16.9. The highest BCUT2D eigenvalue weighted by Gasteiger charge is 2.30. The highest BCUT2D eigenvalue weighted by molar-refractivity contribution is 7.99. The quantitative estimate of drug-likeness (QED) is 0.559. The molecule has 0 atom stereocenters. The Bertz CT molecular complexity index is 954. The van der Waals surface area contributed by atoms with Gasteiger partial charge in [-0.1, -0.05) is 29.4 Å². The van der Waals surface area contributed by atoms with Crippen LogP contribution in [0.4, 0.5) is 5.69 Å². The summed E-state index contributed by atoms with van der Waals surface area (Å²) in [5.74, 6) is 1.53. The van der Waals surface area contributed by atoms with Gasteiger partial charge in [-0.3, -0.25) is 9.36 Å². The van der Waals surface area contributed by atoms with Gasteiger partial charge in [0.05, 0.1) is 23.4 Å². The second-order valence-electron chi connectivity index (χ2n) is 6.07. The SMILES string of the molecule is COc1ccc(Cl)cc1NC(=O)CSc1nnc(-c2cccs2)n1C1CC1. The summed E-state index contributed by atoms with van der Waals surface area (Å²) in [5.41, 5.74) is 0.554. The van der Waals surface area contributed by atoms with E-state index in [9.17, 15) is 4.79 Å². The van der Waals surface area contributed by atoms with Crippen LogP contribution >= 0.6 is 34.7 Å². The van der Waals surface area contributed by atoms with Crippen LogP contribution < -0.4 is 10.1 Å². The minimum Gasteiger partial charge on any atom is -0.495 e. The van der Waals surface area contributed by atoms with Gasteiger partial charge >= 0.3 is 0 Å². The van der Waals surface area contributed by atoms with Gasteiger partial charge in [-0.15, -0.1) is 21.5 Å². The van der Waals surface area contributed by atoms with Crippen LogP contribution in [0.15, 0.2) is 40.9 Å². The van der Waals surface area contributed by atoms with E-state index in [1.165, 1.54) is 11.8 Å². The fourth-order valence-electron chi connectivity index (χ4n) is 2.71. The first-order chi connectivity index (χ1) is 13.2. The number of amides is 1. The van der Waals surface area contributed by atoms with Crippen molar-refractivity contribution in [3.05, 3.63) is 40.7 Å². The van der Waals surface area contributed by atoms with Crippen molar-refractivity contribution in [1.82, 2.24) is 14.8 Å². The van der Waals surface area contributed by atoms with Gasteiger partial charge in [0.1, 0.15) is 5.75 Å². The molecule has 1 N–H and O–H groups in total. The molecular formula is C18H17ClN4O2S2. The number of anilines is 1. The number of thiophene rings is 1. The third kappa shape index (κ3) is 4.12. The number of rotatable bonds is 7. The molecular weight excluding hydrogens is 404 g/mol. The van der Waals surface area contributed by atoms with Gasteiger partial charge in [0, 0.05) is 11.1 Å². The molecule has 1 fully saturated rings. The van der Waals surface area contributed by atoms with E-state index in [1.54, 1.807) is 36.6 Å². The number of hydrogen-bond donors (Lipinski definition) is 1. The average molecular weight is 421 g/mol. The molecule has 3 aromatic rings. The summed E-state index contributed by atoms with van der Waals surface area (Å²) in [6.45, 7) is 0. The van der Waals surface area contributed by atoms with Crippen molar-refractivity contribution < 1.29 is 9.53 Å². The van der Waals surface area contributed by atoms with Crippen LogP contribution in [0.2, 0.25) is 5.02 Å². The van der Waals surface area contributed by atoms with Gasteiger partial charge in [0.2, 0.25) is 5.91 Å². The molecule has 6 nitrogen and oxygen atoms in total. The topological polar surface area (TPSA) is 69.0 Å². The zero-order chi connectivity index (χ0) is 18.8. The van der Waals surface area contributed by atoms with Crippen LogP contribution in [-0.2, 0) is 4.79 Å². The van der Waals surface area contributed by atoms with Gasteiger partial charge in [-0.25, -0.2) is 0 Å². The van der Waals surface area contributed by atoms with Crippen LogP contribution in [0.25, 0.3) is 10.7 Å². The minimum atomic E-state index is -0.149. The summed E-state index contributed by atoms with van der Waals surface area (Å²) in [6, 6.07) is 9.59. The maximum atomic E-state index is 12.4. The molecule has 2 heterocycles. The van der Waals surface area contributed by atoms with E-state index < -0.39 is 0 Å². The van der Waals surface area contributed by atoms with Crippen LogP contribution in [0.5, 0.6) is 5.75 Å². The Morgan fingerprint density at radius 1 is 1.41 bits per heavy atom. The zero-order valence-electron chi connectivity index (χ0n) is 14.5. The van der Waals surface area contributed by atoms with E-state index in [4.69, 9.17) is 16.3 Å². The summed E-state index contributed by atoms with van der Waals surface area (Å²) < 4.78 is 7.42. The van der Waals surface area contributed by atoms with Gasteiger partial charge < -0.3 is 10.1 Å². The van der Waals surface area contributed by atoms with E-state index in [0.29, 0.717) is 22.5 Å². The van der Waals surface area contributed by atoms with Gasteiger partial charge in [0.15, 0.2) is 11.0 Å². The summed E-state index contributed by atoms with van der Waals surface area (Å²) in [7, 11) is 1.55. The number of nitrogens with one attached hydrogen (secondary N) is 1. The monoisotopic (exact) mass is 420 g/mol. The lowest BCUT2D eigenvalue weighted by Crippen LogP contribution is -2.15. The predicted octanol–water partition coefficient (Wildman–Crippen LogP) is 4.73. The maximum absolute atomic E-state index is 12.4. The molecule has 4 rings (SSSR count). The Kier molecular flexibility index (Phi) is 5.38. The van der Waals surface area contributed by atoms with Gasteiger partial charge in [0.25, 0.3) is 0 Å². The molecule has 1 amide bonds. The lowest BCUT2D eigenvalue weighted by atomic mass is 10.3. The first-order valence-corrected chi connectivity index (χ1v) is 10.6. The third-order valence-corrected chi connectivity index (χ3v) is 6.13. The fourth-order valence-corrected chi connectivity index (χ4v) is 4.39. The van der Waals surface area contributed by atoms with Gasteiger partial charge in [-0.2, -0.15) is 0 Å². The highest BCUT2D eigenvalue weighted by atomic mass is 35.5. The Morgan fingerprint density at radius 3 is 2.96 bits per heavy atom. The largest absolute Gasteiger partial charge is 0.495 e. The number of nitrogens with zero attached hydrogens (tertiary/aromatic N) is 3. The molecule has 1 aliphatic carbocycles. The van der Waals surface area contributed by atoms with Crippen LogP contribution in [0, 0.1) is 0 Å². The predicted molar refractivity (Wildman–Crippen MR) is 109 cm³/mol. The smallest absolute Gasteiger partial charge is 0.234 e. The first-order valence-electron chi connectivity index (χ1n) is 8.40. The highest BCUT2D eigenvalue weighted by Crippen LogP contribution is 2.41. The molecule has 0 radical (unpaired) electrons. The fraction of sp³-hybridized carbons (Fsp3) is 0.278. The van der Waals surface area contributed by atoms with E-state index in [2.05, 4.69) is 20.1 Å². The lowest BCUT2D eigenvalue weighted by molar-refractivity contribution is -0.113. The number of ether oxygens (including phenoxy) is 1. The molecule has 27 heavy (non-hydrogen) atoms. The van der Waals surface area contributed by atoms with Crippen molar-refractivity contribution in [3.8, 4) is 16.5 Å². The summed E-state index contributed by atoms with van der Waals surface area (Å²) in [4.78, 5) is 13.5. The van der Waals surface area contributed by atoms with Crippen molar-refractivity contribution in [1.29, 1.82) is 0 Å². The molecule has 1 saturated carbocycles.